The van der Waals surface area contributed by atoms with Gasteiger partial charge in [0.25, 0.3) is 0 Å². The van der Waals surface area contributed by atoms with E-state index in [1.54, 1.807) is 12.5 Å². The van der Waals surface area contributed by atoms with E-state index < -0.39 is 0 Å². The molecule has 0 atom stereocenters. The van der Waals surface area contributed by atoms with Crippen molar-refractivity contribution in [2.75, 3.05) is 19.7 Å². The Morgan fingerprint density at radius 2 is 2.08 bits per heavy atom. The number of hydrogen-bond acceptors (Lipinski definition) is 3. The molecule has 0 saturated carbocycles. The largest absolute Gasteiger partial charge is 0.498 e. The first-order valence-electron chi connectivity index (χ1n) is 4.56. The topological polar surface area (TPSA) is 30.5 Å². The molecule has 0 unspecified atom stereocenters. The van der Waals surface area contributed by atoms with Crippen molar-refractivity contribution in [3.05, 3.63) is 12.5 Å². The lowest BCUT2D eigenvalue weighted by Crippen LogP contribution is -2.31. The van der Waals surface area contributed by atoms with Crippen molar-refractivity contribution in [2.24, 2.45) is 0 Å². The molecule has 0 bridgehead atoms. The molecule has 0 radical (unpaired) electrons. The quantitative estimate of drug-likeness (QED) is 0.646. The van der Waals surface area contributed by atoms with Crippen LogP contribution in [0.1, 0.15) is 19.8 Å². The minimum atomic E-state index is 0.378. The summed E-state index contributed by atoms with van der Waals surface area (Å²) in [5.74, 6) is 0. The molecule has 0 aromatic carbocycles. The van der Waals surface area contributed by atoms with E-state index in [1.165, 1.54) is 0 Å². The third-order valence-electron chi connectivity index (χ3n) is 1.88. The van der Waals surface area contributed by atoms with E-state index in [-0.39, 0.29) is 0 Å². The highest BCUT2D eigenvalue weighted by atomic mass is 16.5. The first-order valence-corrected chi connectivity index (χ1v) is 4.56. The second-order valence-corrected chi connectivity index (χ2v) is 2.81. The Bertz CT molecular complexity index is 130. The maximum Gasteiger partial charge on any atom is 0.118 e. The van der Waals surface area contributed by atoms with Gasteiger partial charge in [0.1, 0.15) is 18.6 Å². The standard InChI is InChI=1S/C9H17NO2/c1-2-11-7-8-12-9-3-5-10-6-4-9/h7-10H,2-6H2,1H3/b8-7+. The summed E-state index contributed by atoms with van der Waals surface area (Å²) in [4.78, 5) is 0. The number of piperidine rings is 1. The van der Waals surface area contributed by atoms with E-state index in [9.17, 15) is 0 Å². The van der Waals surface area contributed by atoms with Crippen molar-refractivity contribution in [1.82, 2.24) is 5.32 Å². The molecule has 3 heteroatoms. The summed E-state index contributed by atoms with van der Waals surface area (Å²) in [6.45, 7) is 4.78. The van der Waals surface area contributed by atoms with E-state index >= 15 is 0 Å². The number of hydrogen-bond donors (Lipinski definition) is 1. The van der Waals surface area contributed by atoms with Crippen LogP contribution in [0.3, 0.4) is 0 Å². The SMILES string of the molecule is CCO/C=C/OC1CCNCC1. The predicted molar refractivity (Wildman–Crippen MR) is 47.7 cm³/mol. The fraction of sp³-hybridized carbons (Fsp3) is 0.778. The molecular formula is C9H17NO2. The fourth-order valence-corrected chi connectivity index (χ4v) is 1.21. The Morgan fingerprint density at radius 1 is 1.33 bits per heavy atom. The van der Waals surface area contributed by atoms with Crippen molar-refractivity contribution in [1.29, 1.82) is 0 Å². The maximum absolute atomic E-state index is 5.44. The van der Waals surface area contributed by atoms with Gasteiger partial charge in [-0.15, -0.1) is 0 Å². The van der Waals surface area contributed by atoms with Crippen LogP contribution < -0.4 is 5.32 Å². The lowest BCUT2D eigenvalue weighted by molar-refractivity contribution is 0.104. The molecule has 1 fully saturated rings. The smallest absolute Gasteiger partial charge is 0.118 e. The Balaban J connectivity index is 2.04. The average Bonchev–Trinajstić information content (AvgIpc) is 2.14. The number of rotatable bonds is 4. The highest BCUT2D eigenvalue weighted by Gasteiger charge is 2.11. The van der Waals surface area contributed by atoms with E-state index in [4.69, 9.17) is 9.47 Å². The fourth-order valence-electron chi connectivity index (χ4n) is 1.21. The summed E-state index contributed by atoms with van der Waals surface area (Å²) in [7, 11) is 0. The van der Waals surface area contributed by atoms with Gasteiger partial charge in [0, 0.05) is 0 Å². The predicted octanol–water partition coefficient (Wildman–Crippen LogP) is 1.26. The molecule has 1 rings (SSSR count). The molecule has 3 nitrogen and oxygen atoms in total. The molecule has 0 aromatic heterocycles. The van der Waals surface area contributed by atoms with Gasteiger partial charge in [0.05, 0.1) is 6.61 Å². The van der Waals surface area contributed by atoms with Crippen LogP contribution >= 0.6 is 0 Å². The molecule has 0 aliphatic carbocycles. The molecule has 1 aliphatic heterocycles. The van der Waals surface area contributed by atoms with Crippen molar-refractivity contribution in [3.63, 3.8) is 0 Å². The van der Waals surface area contributed by atoms with Crippen LogP contribution in [0.15, 0.2) is 12.5 Å². The van der Waals surface area contributed by atoms with Crippen molar-refractivity contribution in [2.45, 2.75) is 25.9 Å². The normalized spacial score (nSPS) is 19.8. The van der Waals surface area contributed by atoms with Gasteiger partial charge in [-0.3, -0.25) is 0 Å². The van der Waals surface area contributed by atoms with Crippen LogP contribution in [0.5, 0.6) is 0 Å². The lowest BCUT2D eigenvalue weighted by atomic mass is 10.1. The summed E-state index contributed by atoms with van der Waals surface area (Å²) < 4.78 is 10.4. The van der Waals surface area contributed by atoms with E-state index in [2.05, 4.69) is 5.32 Å². The molecule has 0 aromatic rings. The van der Waals surface area contributed by atoms with Gasteiger partial charge in [-0.2, -0.15) is 0 Å². The van der Waals surface area contributed by atoms with E-state index in [0.717, 1.165) is 25.9 Å². The maximum atomic E-state index is 5.44. The minimum Gasteiger partial charge on any atom is -0.498 e. The van der Waals surface area contributed by atoms with E-state index in [0.29, 0.717) is 12.7 Å². The van der Waals surface area contributed by atoms with Gasteiger partial charge in [0.15, 0.2) is 0 Å². The van der Waals surface area contributed by atoms with Crippen LogP contribution in [-0.4, -0.2) is 25.8 Å². The van der Waals surface area contributed by atoms with Gasteiger partial charge in [-0.25, -0.2) is 0 Å². The molecule has 1 N–H and O–H groups in total. The van der Waals surface area contributed by atoms with Gasteiger partial charge in [-0.1, -0.05) is 0 Å². The zero-order valence-corrected chi connectivity index (χ0v) is 7.58. The van der Waals surface area contributed by atoms with Crippen LogP contribution in [0, 0.1) is 0 Å². The van der Waals surface area contributed by atoms with Crippen LogP contribution in [0.2, 0.25) is 0 Å². The van der Waals surface area contributed by atoms with E-state index in [1.807, 2.05) is 6.92 Å². The summed E-state index contributed by atoms with van der Waals surface area (Å²) >= 11 is 0. The molecule has 1 aliphatic rings. The summed E-state index contributed by atoms with van der Waals surface area (Å²) in [5, 5.41) is 3.28. The Kier molecular flexibility index (Phi) is 4.61. The second kappa shape index (κ2) is 5.89. The van der Waals surface area contributed by atoms with Crippen molar-refractivity contribution < 1.29 is 9.47 Å². The highest BCUT2D eigenvalue weighted by Crippen LogP contribution is 2.06. The first kappa shape index (κ1) is 9.39. The lowest BCUT2D eigenvalue weighted by Gasteiger charge is -2.21. The van der Waals surface area contributed by atoms with Crippen LogP contribution in [0.25, 0.3) is 0 Å². The first-order chi connectivity index (χ1) is 5.93. The molecule has 12 heavy (non-hydrogen) atoms. The van der Waals surface area contributed by atoms with Gasteiger partial charge >= 0.3 is 0 Å². The second-order valence-electron chi connectivity index (χ2n) is 2.81. The number of nitrogens with one attached hydrogen (secondary N) is 1. The van der Waals surface area contributed by atoms with Crippen molar-refractivity contribution in [3.8, 4) is 0 Å². The summed E-state index contributed by atoms with van der Waals surface area (Å²) in [5.41, 5.74) is 0. The third-order valence-corrected chi connectivity index (χ3v) is 1.88. The Hall–Kier alpha value is -0.700. The zero-order chi connectivity index (χ0) is 8.65. The third kappa shape index (κ3) is 3.62. The average molecular weight is 171 g/mol. The van der Waals surface area contributed by atoms with Crippen molar-refractivity contribution >= 4 is 0 Å². The van der Waals surface area contributed by atoms with Gasteiger partial charge in [-0.05, 0) is 32.9 Å². The Morgan fingerprint density at radius 3 is 2.75 bits per heavy atom. The molecule has 70 valence electrons. The molecular weight excluding hydrogens is 154 g/mol. The summed E-state index contributed by atoms with van der Waals surface area (Å²) in [6.07, 6.45) is 5.83. The highest BCUT2D eigenvalue weighted by molar-refractivity contribution is 4.72. The Labute approximate surface area is 73.7 Å². The molecule has 0 amide bonds. The molecule has 1 saturated heterocycles. The van der Waals surface area contributed by atoms with Gasteiger partial charge in [0.2, 0.25) is 0 Å². The van der Waals surface area contributed by atoms with Gasteiger partial charge < -0.3 is 14.8 Å². The summed E-state index contributed by atoms with van der Waals surface area (Å²) in [6, 6.07) is 0. The monoisotopic (exact) mass is 171 g/mol. The minimum absolute atomic E-state index is 0.378. The van der Waals surface area contributed by atoms with Crippen LogP contribution in [0.4, 0.5) is 0 Å². The zero-order valence-electron chi connectivity index (χ0n) is 7.58. The molecule has 0 spiro atoms. The number of ether oxygens (including phenoxy) is 2. The van der Waals surface area contributed by atoms with Crippen LogP contribution in [-0.2, 0) is 9.47 Å². The molecule has 1 heterocycles.